The monoisotopic (exact) mass is 407 g/mol. The van der Waals surface area contributed by atoms with Crippen LogP contribution in [0.4, 0.5) is 0 Å². The molecule has 0 bridgehead atoms. The molecule has 2 amide bonds. The SMILES string of the molecule is CC1(C(=O)O)CS[C@@H]2C(NC(=O)C(N=O)=C(O)CBr)C(=O)N2C1. The van der Waals surface area contributed by atoms with Gasteiger partial charge in [-0.15, -0.1) is 16.7 Å². The minimum Gasteiger partial charge on any atom is -0.509 e. The first-order chi connectivity index (χ1) is 10.7. The lowest BCUT2D eigenvalue weighted by Gasteiger charge is -2.53. The third kappa shape index (κ3) is 3.07. The van der Waals surface area contributed by atoms with Crippen molar-refractivity contribution in [2.75, 3.05) is 17.6 Å². The molecule has 9 nitrogen and oxygen atoms in total. The van der Waals surface area contributed by atoms with Crippen LogP contribution in [0, 0.1) is 10.3 Å². The number of aliphatic carboxylic acids is 1. The molecule has 2 heterocycles. The van der Waals surface area contributed by atoms with Gasteiger partial charge in [0.05, 0.1) is 10.7 Å². The number of rotatable bonds is 5. The summed E-state index contributed by atoms with van der Waals surface area (Å²) in [4.78, 5) is 47.3. The molecule has 23 heavy (non-hydrogen) atoms. The highest BCUT2D eigenvalue weighted by Crippen LogP contribution is 2.41. The highest BCUT2D eigenvalue weighted by Gasteiger charge is 2.56. The van der Waals surface area contributed by atoms with Gasteiger partial charge in [0.15, 0.2) is 0 Å². The first-order valence-corrected chi connectivity index (χ1v) is 8.70. The van der Waals surface area contributed by atoms with E-state index in [0.29, 0.717) is 5.75 Å². The molecule has 0 radical (unpaired) electrons. The van der Waals surface area contributed by atoms with Gasteiger partial charge in [-0.05, 0) is 12.1 Å². The zero-order valence-electron chi connectivity index (χ0n) is 12.0. The van der Waals surface area contributed by atoms with Crippen molar-refractivity contribution in [1.29, 1.82) is 0 Å². The summed E-state index contributed by atoms with van der Waals surface area (Å²) in [6.07, 6.45) is 0. The van der Waals surface area contributed by atoms with E-state index in [1.54, 1.807) is 6.92 Å². The van der Waals surface area contributed by atoms with E-state index in [9.17, 15) is 29.5 Å². The van der Waals surface area contributed by atoms with Gasteiger partial charge in [0, 0.05) is 12.3 Å². The van der Waals surface area contributed by atoms with Crippen LogP contribution in [-0.2, 0) is 14.4 Å². The van der Waals surface area contributed by atoms with Crippen molar-refractivity contribution in [1.82, 2.24) is 10.2 Å². The van der Waals surface area contributed by atoms with Gasteiger partial charge in [0.2, 0.25) is 11.6 Å². The zero-order chi connectivity index (χ0) is 17.4. The number of allylic oxidation sites excluding steroid dienone is 1. The molecule has 2 rings (SSSR count). The standard InChI is InChI=1S/C12H14BrN3O6S/c1-12(11(20)21)3-16-9(19)7(10(16)23-4-12)14-8(18)6(15-22)5(17)2-13/h7,10,17H,2-4H2,1H3,(H,14,18)(H,20,21)/t7?,10-,12?/m1/s1. The van der Waals surface area contributed by atoms with E-state index in [-0.39, 0.29) is 11.9 Å². The van der Waals surface area contributed by atoms with Crippen molar-refractivity contribution in [2.45, 2.75) is 18.3 Å². The molecule has 0 aromatic rings. The second kappa shape index (κ2) is 6.48. The predicted octanol–water partition coefficient (Wildman–Crippen LogP) is 0.408. The number of carboxylic acids is 1. The topological polar surface area (TPSA) is 136 Å². The van der Waals surface area contributed by atoms with E-state index < -0.39 is 46.1 Å². The molecule has 2 saturated heterocycles. The lowest BCUT2D eigenvalue weighted by atomic mass is 9.89. The van der Waals surface area contributed by atoms with Crippen molar-refractivity contribution in [3.05, 3.63) is 16.4 Å². The maximum Gasteiger partial charge on any atom is 0.312 e. The van der Waals surface area contributed by atoms with E-state index in [0.717, 1.165) is 0 Å². The van der Waals surface area contributed by atoms with Crippen LogP contribution in [0.3, 0.4) is 0 Å². The normalized spacial score (nSPS) is 30.7. The molecule has 11 heteroatoms. The van der Waals surface area contributed by atoms with Crippen molar-refractivity contribution < 1.29 is 24.6 Å². The fourth-order valence-corrected chi connectivity index (χ4v) is 4.08. The summed E-state index contributed by atoms with van der Waals surface area (Å²) < 4.78 is 0. The lowest BCUT2D eigenvalue weighted by Crippen LogP contribution is -2.73. The van der Waals surface area contributed by atoms with Crippen LogP contribution in [0.5, 0.6) is 0 Å². The first kappa shape index (κ1) is 17.7. The number of hydrogen-bond donors (Lipinski definition) is 3. The fraction of sp³-hybridized carbons (Fsp3) is 0.583. The molecule has 0 spiro atoms. The first-order valence-electron chi connectivity index (χ1n) is 6.53. The molecule has 3 atom stereocenters. The number of fused-ring (bicyclic) bond motifs is 1. The minimum absolute atomic E-state index is 0.0620. The Morgan fingerprint density at radius 3 is 2.70 bits per heavy atom. The zero-order valence-corrected chi connectivity index (χ0v) is 14.4. The van der Waals surface area contributed by atoms with Crippen molar-refractivity contribution in [2.24, 2.45) is 10.6 Å². The molecule has 3 N–H and O–H groups in total. The fourth-order valence-electron chi connectivity index (χ4n) is 2.33. The number of nitrogens with one attached hydrogen (secondary N) is 1. The number of aliphatic hydroxyl groups is 1. The van der Waals surface area contributed by atoms with E-state index >= 15 is 0 Å². The maximum absolute atomic E-state index is 12.1. The second-order valence-corrected chi connectivity index (χ2v) is 7.17. The van der Waals surface area contributed by atoms with Crippen LogP contribution in [-0.4, -0.2) is 61.9 Å². The molecule has 0 aromatic carbocycles. The van der Waals surface area contributed by atoms with Gasteiger partial charge < -0.3 is 20.4 Å². The van der Waals surface area contributed by atoms with Gasteiger partial charge in [-0.1, -0.05) is 15.9 Å². The van der Waals surface area contributed by atoms with Gasteiger partial charge >= 0.3 is 5.97 Å². The number of amides is 2. The summed E-state index contributed by atoms with van der Waals surface area (Å²) in [5.41, 5.74) is -1.72. The molecule has 2 aliphatic rings. The third-order valence-corrected chi connectivity index (χ3v) is 5.95. The Balaban J connectivity index is 2.06. The Kier molecular flexibility index (Phi) is 4.99. The van der Waals surface area contributed by atoms with Crippen molar-refractivity contribution in [3.8, 4) is 0 Å². The van der Waals surface area contributed by atoms with E-state index in [2.05, 4.69) is 26.4 Å². The third-order valence-electron chi connectivity index (χ3n) is 3.74. The summed E-state index contributed by atoms with van der Waals surface area (Å²) in [6, 6.07) is -0.870. The Morgan fingerprint density at radius 2 is 2.17 bits per heavy atom. The number of hydrogen-bond acceptors (Lipinski definition) is 7. The average molecular weight is 408 g/mol. The summed E-state index contributed by atoms with van der Waals surface area (Å²) in [5, 5.41) is 23.0. The number of β-lactam (4-membered cyclic amide) rings is 1. The smallest absolute Gasteiger partial charge is 0.312 e. The van der Waals surface area contributed by atoms with Crippen molar-refractivity contribution >= 4 is 45.5 Å². The minimum atomic E-state index is -1.03. The highest BCUT2D eigenvalue weighted by atomic mass is 79.9. The van der Waals surface area contributed by atoms with Gasteiger partial charge in [-0.25, -0.2) is 0 Å². The van der Waals surface area contributed by atoms with Crippen molar-refractivity contribution in [3.63, 3.8) is 0 Å². The van der Waals surface area contributed by atoms with Crippen LogP contribution in [0.15, 0.2) is 16.6 Å². The molecule has 126 valence electrons. The van der Waals surface area contributed by atoms with E-state index in [4.69, 9.17) is 0 Å². The van der Waals surface area contributed by atoms with Crippen LogP contribution in [0.1, 0.15) is 6.92 Å². The van der Waals surface area contributed by atoms with Crippen LogP contribution in [0.2, 0.25) is 0 Å². The second-order valence-electron chi connectivity index (χ2n) is 5.50. The number of carbonyl (C=O) groups is 3. The molecule has 0 saturated carbocycles. The Morgan fingerprint density at radius 1 is 1.52 bits per heavy atom. The predicted molar refractivity (Wildman–Crippen MR) is 84.9 cm³/mol. The number of nitroso groups, excluding NO2 is 1. The summed E-state index contributed by atoms with van der Waals surface area (Å²) in [6.45, 7) is 1.62. The van der Waals surface area contributed by atoms with Gasteiger partial charge in [-0.3, -0.25) is 14.4 Å². The van der Waals surface area contributed by atoms with Gasteiger partial charge in [-0.2, -0.15) is 0 Å². The summed E-state index contributed by atoms with van der Waals surface area (Å²) >= 11 is 4.14. The van der Waals surface area contributed by atoms with Crippen LogP contribution in [0.25, 0.3) is 0 Å². The van der Waals surface area contributed by atoms with Crippen LogP contribution < -0.4 is 5.32 Å². The number of halogens is 1. The van der Waals surface area contributed by atoms with Crippen LogP contribution >= 0.6 is 27.7 Å². The molecule has 0 aliphatic carbocycles. The molecule has 2 fully saturated rings. The molecular weight excluding hydrogens is 394 g/mol. The van der Waals surface area contributed by atoms with E-state index in [1.807, 2.05) is 0 Å². The number of carbonyl (C=O) groups excluding carboxylic acids is 2. The molecule has 2 unspecified atom stereocenters. The quantitative estimate of drug-likeness (QED) is 0.197. The summed E-state index contributed by atoms with van der Waals surface area (Å²) in [5.74, 6) is -2.59. The summed E-state index contributed by atoms with van der Waals surface area (Å²) in [7, 11) is 0. The number of carboxylic acid groups (broad SMARTS) is 1. The number of aliphatic hydroxyl groups excluding tert-OH is 1. The molecular formula is C12H14BrN3O6S. The average Bonchev–Trinajstić information content (AvgIpc) is 2.52. The molecule has 2 aliphatic heterocycles. The Bertz CT molecular complexity index is 612. The number of nitrogens with zero attached hydrogens (tertiary/aromatic N) is 2. The number of alkyl halides is 1. The lowest BCUT2D eigenvalue weighted by molar-refractivity contribution is -0.157. The largest absolute Gasteiger partial charge is 0.509 e. The Hall–Kier alpha value is -1.62. The van der Waals surface area contributed by atoms with Gasteiger partial charge in [0.25, 0.3) is 5.91 Å². The molecule has 0 aromatic heterocycles. The van der Waals surface area contributed by atoms with E-state index in [1.165, 1.54) is 16.7 Å². The van der Waals surface area contributed by atoms with Gasteiger partial charge in [0.1, 0.15) is 17.2 Å². The maximum atomic E-state index is 12.1. The number of thioether (sulfide) groups is 1. The Labute approximate surface area is 143 Å². The highest BCUT2D eigenvalue weighted by molar-refractivity contribution is 9.09.